The van der Waals surface area contributed by atoms with Crippen LogP contribution in [0.2, 0.25) is 0 Å². The summed E-state index contributed by atoms with van der Waals surface area (Å²) in [6.07, 6.45) is 1.90. The molecule has 0 amide bonds. The Morgan fingerprint density at radius 1 is 1.50 bits per heavy atom. The van der Waals surface area contributed by atoms with Crippen LogP contribution in [-0.4, -0.2) is 34.4 Å². The smallest absolute Gasteiger partial charge is 0.310 e. The zero-order valence-electron chi connectivity index (χ0n) is 11.4. The van der Waals surface area contributed by atoms with Gasteiger partial charge in [0.05, 0.1) is 29.9 Å². The zero-order chi connectivity index (χ0) is 13.9. The first-order valence-electron chi connectivity index (χ1n) is 6.92. The third kappa shape index (κ3) is 2.47. The van der Waals surface area contributed by atoms with Crippen molar-refractivity contribution in [1.82, 2.24) is 8.75 Å². The van der Waals surface area contributed by atoms with Gasteiger partial charge in [0.25, 0.3) is 0 Å². The fraction of sp³-hybridized carbons (Fsp3) is 0.500. The Hall–Kier alpha value is -1.69. The van der Waals surface area contributed by atoms with Crippen molar-refractivity contribution in [2.75, 3.05) is 24.6 Å². The molecule has 106 valence electrons. The second kappa shape index (κ2) is 5.75. The van der Waals surface area contributed by atoms with Crippen molar-refractivity contribution < 1.29 is 9.53 Å². The molecular weight excluding hydrogens is 274 g/mol. The van der Waals surface area contributed by atoms with Crippen molar-refractivity contribution >= 4 is 34.4 Å². The van der Waals surface area contributed by atoms with Crippen LogP contribution in [0.15, 0.2) is 18.2 Å². The molecule has 1 aromatic heterocycles. The lowest BCUT2D eigenvalue weighted by Gasteiger charge is -2.33. The molecule has 20 heavy (non-hydrogen) atoms. The Labute approximate surface area is 121 Å². The molecule has 2 aromatic rings. The molecule has 0 N–H and O–H groups in total. The highest BCUT2D eigenvalue weighted by atomic mass is 32.1. The summed E-state index contributed by atoms with van der Waals surface area (Å²) in [5, 5.41) is 0. The molecular formula is C14H17N3O2S. The monoisotopic (exact) mass is 291 g/mol. The van der Waals surface area contributed by atoms with Crippen molar-refractivity contribution in [3.05, 3.63) is 18.2 Å². The van der Waals surface area contributed by atoms with Gasteiger partial charge in [-0.25, -0.2) is 0 Å². The van der Waals surface area contributed by atoms with Gasteiger partial charge < -0.3 is 9.64 Å². The zero-order valence-corrected chi connectivity index (χ0v) is 12.2. The van der Waals surface area contributed by atoms with Gasteiger partial charge in [-0.15, -0.1) is 0 Å². The number of hydrogen-bond donors (Lipinski definition) is 0. The maximum Gasteiger partial charge on any atom is 0.310 e. The van der Waals surface area contributed by atoms with Gasteiger partial charge in [0.15, 0.2) is 0 Å². The molecule has 1 aliphatic heterocycles. The fourth-order valence-electron chi connectivity index (χ4n) is 2.70. The molecule has 0 spiro atoms. The molecule has 1 saturated heterocycles. The lowest BCUT2D eigenvalue weighted by molar-refractivity contribution is -0.148. The minimum atomic E-state index is -0.0826. The van der Waals surface area contributed by atoms with Crippen LogP contribution in [0, 0.1) is 5.92 Å². The minimum Gasteiger partial charge on any atom is -0.466 e. The Kier molecular flexibility index (Phi) is 3.82. The first kappa shape index (κ1) is 13.3. The van der Waals surface area contributed by atoms with E-state index in [1.807, 2.05) is 19.1 Å². The van der Waals surface area contributed by atoms with Crippen molar-refractivity contribution in [2.24, 2.45) is 5.92 Å². The summed E-state index contributed by atoms with van der Waals surface area (Å²) >= 11 is 1.23. The van der Waals surface area contributed by atoms with Gasteiger partial charge >= 0.3 is 5.97 Å². The Balaban J connectivity index is 1.83. The number of carbonyl (C=O) groups is 1. The lowest BCUT2D eigenvalue weighted by atomic mass is 9.97. The molecule has 2 heterocycles. The molecule has 1 aliphatic rings. The van der Waals surface area contributed by atoms with Crippen LogP contribution < -0.4 is 4.90 Å². The second-order valence-corrected chi connectivity index (χ2v) is 5.47. The van der Waals surface area contributed by atoms with E-state index in [2.05, 4.69) is 19.7 Å². The molecule has 5 nitrogen and oxygen atoms in total. The Morgan fingerprint density at radius 3 is 3.25 bits per heavy atom. The molecule has 0 radical (unpaired) electrons. The van der Waals surface area contributed by atoms with Crippen LogP contribution in [0.4, 0.5) is 5.69 Å². The number of aromatic nitrogens is 2. The highest BCUT2D eigenvalue weighted by Crippen LogP contribution is 2.29. The first-order chi connectivity index (χ1) is 9.79. The molecule has 3 rings (SSSR count). The SMILES string of the molecule is CCOC(=O)C1CCCN(c2cccc3nsnc23)C1. The van der Waals surface area contributed by atoms with Gasteiger partial charge in [-0.05, 0) is 31.9 Å². The molecule has 0 saturated carbocycles. The fourth-order valence-corrected chi connectivity index (χ4v) is 3.24. The van der Waals surface area contributed by atoms with E-state index in [0.29, 0.717) is 13.2 Å². The highest BCUT2D eigenvalue weighted by Gasteiger charge is 2.28. The average Bonchev–Trinajstić information content (AvgIpc) is 2.96. The predicted octanol–water partition coefficient (Wildman–Crippen LogP) is 2.47. The molecule has 0 bridgehead atoms. The second-order valence-electron chi connectivity index (χ2n) is 4.95. The highest BCUT2D eigenvalue weighted by molar-refractivity contribution is 7.00. The van der Waals surface area contributed by atoms with E-state index in [-0.39, 0.29) is 11.9 Å². The maximum absolute atomic E-state index is 11.9. The summed E-state index contributed by atoms with van der Waals surface area (Å²) in [4.78, 5) is 14.1. The van der Waals surface area contributed by atoms with Crippen LogP contribution in [0.3, 0.4) is 0 Å². The predicted molar refractivity (Wildman–Crippen MR) is 79.0 cm³/mol. The van der Waals surface area contributed by atoms with Gasteiger partial charge in [0, 0.05) is 13.1 Å². The number of piperidine rings is 1. The van der Waals surface area contributed by atoms with Gasteiger partial charge in [0.2, 0.25) is 0 Å². The van der Waals surface area contributed by atoms with Crippen LogP contribution in [0.1, 0.15) is 19.8 Å². The number of ether oxygens (including phenoxy) is 1. The van der Waals surface area contributed by atoms with Crippen LogP contribution in [0.25, 0.3) is 11.0 Å². The van der Waals surface area contributed by atoms with Crippen LogP contribution in [0.5, 0.6) is 0 Å². The molecule has 1 unspecified atom stereocenters. The lowest BCUT2D eigenvalue weighted by Crippen LogP contribution is -2.39. The molecule has 1 aromatic carbocycles. The summed E-state index contributed by atoms with van der Waals surface area (Å²) in [5.41, 5.74) is 2.93. The third-order valence-corrected chi connectivity index (χ3v) is 4.19. The van der Waals surface area contributed by atoms with E-state index in [0.717, 1.165) is 36.1 Å². The van der Waals surface area contributed by atoms with E-state index in [9.17, 15) is 4.79 Å². The standard InChI is InChI=1S/C14H17N3O2S/c1-2-19-14(18)10-5-4-8-17(9-10)12-7-3-6-11-13(12)16-20-15-11/h3,6-7,10H,2,4-5,8-9H2,1H3. The maximum atomic E-state index is 11.9. The average molecular weight is 291 g/mol. The number of rotatable bonds is 3. The van der Waals surface area contributed by atoms with Gasteiger partial charge in [0.1, 0.15) is 11.0 Å². The molecule has 1 fully saturated rings. The van der Waals surface area contributed by atoms with E-state index >= 15 is 0 Å². The Morgan fingerprint density at radius 2 is 2.40 bits per heavy atom. The number of hydrogen-bond acceptors (Lipinski definition) is 6. The van der Waals surface area contributed by atoms with Crippen LogP contribution in [-0.2, 0) is 9.53 Å². The van der Waals surface area contributed by atoms with Crippen molar-refractivity contribution in [1.29, 1.82) is 0 Å². The summed E-state index contributed by atoms with van der Waals surface area (Å²) < 4.78 is 13.8. The van der Waals surface area contributed by atoms with E-state index in [4.69, 9.17) is 4.74 Å². The quantitative estimate of drug-likeness (QED) is 0.813. The van der Waals surface area contributed by atoms with E-state index < -0.39 is 0 Å². The molecule has 0 aliphatic carbocycles. The number of nitrogens with zero attached hydrogens (tertiary/aromatic N) is 3. The van der Waals surface area contributed by atoms with Gasteiger partial charge in [-0.2, -0.15) is 8.75 Å². The largest absolute Gasteiger partial charge is 0.466 e. The summed E-state index contributed by atoms with van der Waals surface area (Å²) in [5.74, 6) is -0.119. The molecule has 6 heteroatoms. The minimum absolute atomic E-state index is 0.0365. The van der Waals surface area contributed by atoms with Crippen molar-refractivity contribution in [3.63, 3.8) is 0 Å². The van der Waals surface area contributed by atoms with Crippen LogP contribution >= 0.6 is 11.7 Å². The van der Waals surface area contributed by atoms with E-state index in [1.165, 1.54) is 11.7 Å². The van der Waals surface area contributed by atoms with Crippen molar-refractivity contribution in [3.8, 4) is 0 Å². The number of anilines is 1. The number of esters is 1. The van der Waals surface area contributed by atoms with E-state index in [1.54, 1.807) is 0 Å². The summed E-state index contributed by atoms with van der Waals surface area (Å²) in [6.45, 7) is 3.95. The van der Waals surface area contributed by atoms with Crippen molar-refractivity contribution in [2.45, 2.75) is 19.8 Å². The van der Waals surface area contributed by atoms with Gasteiger partial charge in [-0.1, -0.05) is 6.07 Å². The summed E-state index contributed by atoms with van der Waals surface area (Å²) in [6, 6.07) is 6.01. The number of fused-ring (bicyclic) bond motifs is 1. The molecule has 1 atom stereocenters. The third-order valence-electron chi connectivity index (χ3n) is 3.65. The van der Waals surface area contributed by atoms with Gasteiger partial charge in [-0.3, -0.25) is 4.79 Å². The summed E-state index contributed by atoms with van der Waals surface area (Å²) in [7, 11) is 0. The topological polar surface area (TPSA) is 55.3 Å². The normalized spacial score (nSPS) is 19.2. The number of benzene rings is 1. The Bertz CT molecular complexity index is 613. The first-order valence-corrected chi connectivity index (χ1v) is 7.65. The number of carbonyl (C=O) groups excluding carboxylic acids is 1.